The molecule has 0 unspecified atom stereocenters. The van der Waals surface area contributed by atoms with Crippen molar-refractivity contribution >= 4 is 49.1 Å². The zero-order chi connectivity index (χ0) is 20.7. The van der Waals surface area contributed by atoms with E-state index in [0.29, 0.717) is 17.9 Å². The number of carbonyl (C=O) groups is 2. The minimum atomic E-state index is -3.77. The minimum Gasteiger partial charge on any atom is -0.326 e. The molecule has 0 aliphatic heterocycles. The predicted octanol–water partition coefficient (Wildman–Crippen LogP) is 2.00. The Kier molecular flexibility index (Phi) is 7.69. The van der Waals surface area contributed by atoms with Crippen molar-refractivity contribution in [3.8, 4) is 0 Å². The number of benzene rings is 2. The molecule has 2 amide bonds. The fourth-order valence-corrected chi connectivity index (χ4v) is 3.22. The van der Waals surface area contributed by atoms with E-state index >= 15 is 0 Å². The molecule has 4 N–H and O–H groups in total. The van der Waals surface area contributed by atoms with Crippen LogP contribution in [0.4, 0.5) is 11.4 Å². The number of likely N-dealkylation sites (N-methyl/N-ethyl adjacent to an activating group) is 1. The van der Waals surface area contributed by atoms with Crippen molar-refractivity contribution < 1.29 is 18.0 Å². The number of para-hydroxylation sites is 1. The van der Waals surface area contributed by atoms with E-state index in [9.17, 15) is 18.0 Å². The van der Waals surface area contributed by atoms with Crippen LogP contribution in [-0.4, -0.2) is 45.3 Å². The predicted molar refractivity (Wildman–Crippen MR) is 111 cm³/mol. The molecule has 0 saturated heterocycles. The Balaban J connectivity index is 1.77. The van der Waals surface area contributed by atoms with Crippen LogP contribution in [0.2, 0.25) is 0 Å². The lowest BCUT2D eigenvalue weighted by Gasteiger charge is -2.16. The molecule has 0 fully saturated rings. The van der Waals surface area contributed by atoms with E-state index in [0.717, 1.165) is 4.47 Å². The van der Waals surface area contributed by atoms with Crippen LogP contribution in [0.15, 0.2) is 57.9 Å². The van der Waals surface area contributed by atoms with Crippen LogP contribution < -0.4 is 15.8 Å². The molecule has 0 spiro atoms. The molecule has 2 aromatic carbocycles. The summed E-state index contributed by atoms with van der Waals surface area (Å²) in [7, 11) is -2.02. The summed E-state index contributed by atoms with van der Waals surface area (Å²) in [6.45, 7) is 0.516. The average molecular weight is 469 g/mol. The van der Waals surface area contributed by atoms with Crippen LogP contribution in [0.5, 0.6) is 0 Å². The molecule has 2 aromatic rings. The smallest absolute Gasteiger partial charge is 0.238 e. The lowest BCUT2D eigenvalue weighted by molar-refractivity contribution is -0.119. The second-order valence-corrected chi connectivity index (χ2v) is 8.55. The molecule has 8 nitrogen and oxygen atoms in total. The third-order valence-electron chi connectivity index (χ3n) is 3.75. The summed E-state index contributed by atoms with van der Waals surface area (Å²) in [5.74, 6) is -0.435. The first-order valence-electron chi connectivity index (χ1n) is 8.31. The first-order chi connectivity index (χ1) is 13.1. The van der Waals surface area contributed by atoms with E-state index < -0.39 is 10.0 Å². The average Bonchev–Trinajstić information content (AvgIpc) is 2.61. The fraction of sp³-hybridized carbons (Fsp3) is 0.222. The molecule has 2 rings (SSSR count). The second-order valence-electron chi connectivity index (χ2n) is 6.13. The molecule has 150 valence electrons. The van der Waals surface area contributed by atoms with Gasteiger partial charge in [-0.25, -0.2) is 13.6 Å². The maximum absolute atomic E-state index is 12.1. The Labute approximate surface area is 172 Å². The van der Waals surface area contributed by atoms with Gasteiger partial charge in [-0.1, -0.05) is 12.1 Å². The van der Waals surface area contributed by atoms with Crippen LogP contribution in [-0.2, 0) is 19.6 Å². The summed E-state index contributed by atoms with van der Waals surface area (Å²) in [6, 6.07) is 12.9. The highest BCUT2D eigenvalue weighted by atomic mass is 79.9. The SMILES string of the molecule is CN(CCC(=O)Nc1ccc(S(N)(=O)=O)cc1)CC(=O)Nc1ccccc1Br. The van der Waals surface area contributed by atoms with Crippen molar-refractivity contribution in [1.29, 1.82) is 0 Å². The number of primary sulfonamides is 1. The van der Waals surface area contributed by atoms with Crippen molar-refractivity contribution in [2.24, 2.45) is 5.14 Å². The normalized spacial score (nSPS) is 11.3. The number of nitrogens with one attached hydrogen (secondary N) is 2. The number of hydrogen-bond acceptors (Lipinski definition) is 5. The Hall–Kier alpha value is -2.27. The van der Waals surface area contributed by atoms with Gasteiger partial charge in [-0.05, 0) is 59.4 Å². The van der Waals surface area contributed by atoms with Crippen molar-refractivity contribution in [1.82, 2.24) is 4.90 Å². The maximum Gasteiger partial charge on any atom is 0.238 e. The maximum atomic E-state index is 12.1. The monoisotopic (exact) mass is 468 g/mol. The van der Waals surface area contributed by atoms with Crippen LogP contribution in [0.1, 0.15) is 6.42 Å². The van der Waals surface area contributed by atoms with Crippen LogP contribution in [0.3, 0.4) is 0 Å². The largest absolute Gasteiger partial charge is 0.326 e. The summed E-state index contributed by atoms with van der Waals surface area (Å²) in [5.41, 5.74) is 1.15. The molecule has 0 radical (unpaired) electrons. The highest BCUT2D eigenvalue weighted by Crippen LogP contribution is 2.21. The molecule has 0 aliphatic carbocycles. The first kappa shape index (κ1) is 22.0. The third kappa shape index (κ3) is 7.04. The molecule has 0 aliphatic rings. The topological polar surface area (TPSA) is 122 Å². The van der Waals surface area contributed by atoms with E-state index in [1.807, 2.05) is 18.2 Å². The molecular formula is C18H21BrN4O4S. The van der Waals surface area contributed by atoms with Gasteiger partial charge < -0.3 is 10.6 Å². The molecule has 0 saturated carbocycles. The molecular weight excluding hydrogens is 448 g/mol. The van der Waals surface area contributed by atoms with Crippen LogP contribution >= 0.6 is 15.9 Å². The summed E-state index contributed by atoms with van der Waals surface area (Å²) in [4.78, 5) is 25.8. The summed E-state index contributed by atoms with van der Waals surface area (Å²) in [6.07, 6.45) is 0.176. The van der Waals surface area contributed by atoms with Gasteiger partial charge in [0.25, 0.3) is 0 Å². The van der Waals surface area contributed by atoms with Gasteiger partial charge in [0.2, 0.25) is 21.8 Å². The number of halogens is 1. The lowest BCUT2D eigenvalue weighted by Crippen LogP contribution is -2.32. The Morgan fingerprint density at radius 2 is 1.68 bits per heavy atom. The number of amides is 2. The molecule has 10 heteroatoms. The molecule has 0 atom stereocenters. The molecule has 0 bridgehead atoms. The highest BCUT2D eigenvalue weighted by Gasteiger charge is 2.11. The van der Waals surface area contributed by atoms with Crippen molar-refractivity contribution in [2.45, 2.75) is 11.3 Å². The van der Waals surface area contributed by atoms with Crippen molar-refractivity contribution in [2.75, 3.05) is 30.8 Å². The number of nitrogens with two attached hydrogens (primary N) is 1. The van der Waals surface area contributed by atoms with Gasteiger partial charge in [-0.3, -0.25) is 14.5 Å². The van der Waals surface area contributed by atoms with E-state index in [1.165, 1.54) is 24.3 Å². The van der Waals surface area contributed by atoms with E-state index in [1.54, 1.807) is 18.0 Å². The van der Waals surface area contributed by atoms with Gasteiger partial charge in [-0.15, -0.1) is 0 Å². The standard InChI is InChI=1S/C18H21BrN4O4S/c1-23(12-18(25)22-16-5-3-2-4-15(16)19)11-10-17(24)21-13-6-8-14(9-7-13)28(20,26)27/h2-9H,10-12H2,1H3,(H,21,24)(H,22,25)(H2,20,26,27). The van der Waals surface area contributed by atoms with Gasteiger partial charge in [0.05, 0.1) is 17.1 Å². The highest BCUT2D eigenvalue weighted by molar-refractivity contribution is 9.10. The number of carbonyl (C=O) groups excluding carboxylic acids is 2. The number of nitrogens with zero attached hydrogens (tertiary/aromatic N) is 1. The van der Waals surface area contributed by atoms with Crippen molar-refractivity contribution in [3.05, 3.63) is 53.0 Å². The Morgan fingerprint density at radius 1 is 1.04 bits per heavy atom. The van der Waals surface area contributed by atoms with Gasteiger partial charge in [0.1, 0.15) is 0 Å². The van der Waals surface area contributed by atoms with Gasteiger partial charge in [0, 0.05) is 23.1 Å². The van der Waals surface area contributed by atoms with E-state index in [-0.39, 0.29) is 29.7 Å². The Bertz CT molecular complexity index is 948. The van der Waals surface area contributed by atoms with Gasteiger partial charge >= 0.3 is 0 Å². The molecule has 0 aromatic heterocycles. The zero-order valence-electron chi connectivity index (χ0n) is 15.2. The number of rotatable bonds is 8. The zero-order valence-corrected chi connectivity index (χ0v) is 17.6. The van der Waals surface area contributed by atoms with Crippen LogP contribution in [0.25, 0.3) is 0 Å². The Morgan fingerprint density at radius 3 is 2.29 bits per heavy atom. The first-order valence-corrected chi connectivity index (χ1v) is 10.6. The minimum absolute atomic E-state index is 0.0266. The second kappa shape index (κ2) is 9.78. The number of sulfonamides is 1. The molecule has 28 heavy (non-hydrogen) atoms. The fourth-order valence-electron chi connectivity index (χ4n) is 2.32. The number of anilines is 2. The van der Waals surface area contributed by atoms with E-state index in [4.69, 9.17) is 5.14 Å². The van der Waals surface area contributed by atoms with Crippen LogP contribution in [0, 0.1) is 0 Å². The summed E-state index contributed by atoms with van der Waals surface area (Å²) >= 11 is 3.37. The number of hydrogen-bond donors (Lipinski definition) is 3. The summed E-state index contributed by atoms with van der Waals surface area (Å²) < 4.78 is 23.2. The van der Waals surface area contributed by atoms with Gasteiger partial charge in [-0.2, -0.15) is 0 Å². The molecule has 0 heterocycles. The van der Waals surface area contributed by atoms with E-state index in [2.05, 4.69) is 26.6 Å². The quantitative estimate of drug-likeness (QED) is 0.546. The van der Waals surface area contributed by atoms with Crippen molar-refractivity contribution in [3.63, 3.8) is 0 Å². The lowest BCUT2D eigenvalue weighted by atomic mass is 10.3. The van der Waals surface area contributed by atoms with Gasteiger partial charge in [0.15, 0.2) is 0 Å². The third-order valence-corrected chi connectivity index (χ3v) is 5.37. The summed E-state index contributed by atoms with van der Waals surface area (Å²) in [5, 5.41) is 10.5.